The number of fused-ring (bicyclic) bond motifs is 1. The molecule has 2 aromatic carbocycles. The fraction of sp³-hybridized carbons (Fsp3) is 0.304. The number of nitrogens with zero attached hydrogens (tertiary/aromatic N) is 4. The van der Waals surface area contributed by atoms with Crippen molar-refractivity contribution in [2.75, 3.05) is 31.2 Å². The van der Waals surface area contributed by atoms with Crippen LogP contribution in [-0.2, 0) is 27.8 Å². The number of morpholine rings is 1. The third-order valence-corrected chi connectivity index (χ3v) is 7.56. The second kappa shape index (κ2) is 8.03. The number of aryl methyl sites for hydroxylation is 1. The Morgan fingerprint density at radius 1 is 0.968 bits per heavy atom. The summed E-state index contributed by atoms with van der Waals surface area (Å²) >= 11 is 0. The molecule has 3 aromatic rings. The van der Waals surface area contributed by atoms with E-state index in [2.05, 4.69) is 20.9 Å². The Hall–Kier alpha value is -2.81. The van der Waals surface area contributed by atoms with E-state index in [1.54, 1.807) is 18.3 Å². The fourth-order valence-electron chi connectivity index (χ4n) is 3.99. The van der Waals surface area contributed by atoms with Crippen LogP contribution in [0.15, 0.2) is 59.6 Å². The molecular weight excluding hydrogens is 412 g/mol. The normalized spacial score (nSPS) is 17.0. The molecule has 160 valence electrons. The maximum absolute atomic E-state index is 13.2. The highest BCUT2D eigenvalue weighted by molar-refractivity contribution is 7.89. The largest absolute Gasteiger partial charge is 0.378 e. The lowest BCUT2D eigenvalue weighted by Crippen LogP contribution is -2.37. The molecule has 0 spiro atoms. The zero-order chi connectivity index (χ0) is 21.4. The lowest BCUT2D eigenvalue weighted by Gasteiger charge is -2.26. The van der Waals surface area contributed by atoms with E-state index in [1.807, 2.05) is 37.3 Å². The number of ether oxygens (including phenoxy) is 1. The van der Waals surface area contributed by atoms with Crippen LogP contribution >= 0.6 is 0 Å². The van der Waals surface area contributed by atoms with Gasteiger partial charge in [0.2, 0.25) is 16.0 Å². The van der Waals surface area contributed by atoms with Gasteiger partial charge >= 0.3 is 0 Å². The van der Waals surface area contributed by atoms with Gasteiger partial charge in [0.25, 0.3) is 0 Å². The summed E-state index contributed by atoms with van der Waals surface area (Å²) in [5.74, 6) is 0.642. The van der Waals surface area contributed by atoms with Gasteiger partial charge in [-0.2, -0.15) is 4.31 Å². The van der Waals surface area contributed by atoms with E-state index in [0.717, 1.165) is 35.5 Å². The highest BCUT2D eigenvalue weighted by atomic mass is 32.2. The average molecular weight is 437 g/mol. The molecule has 0 bridgehead atoms. The van der Waals surface area contributed by atoms with Crippen molar-refractivity contribution < 1.29 is 13.2 Å². The smallest absolute Gasteiger partial charge is 0.243 e. The molecule has 7 nitrogen and oxygen atoms in total. The average Bonchev–Trinajstić information content (AvgIpc) is 3.24. The minimum absolute atomic E-state index is 0.261. The Labute approximate surface area is 182 Å². The minimum atomic E-state index is -3.62. The Kier molecular flexibility index (Phi) is 5.21. The molecule has 1 aromatic heterocycles. The number of aromatic nitrogens is 2. The Morgan fingerprint density at radius 2 is 1.74 bits per heavy atom. The number of hydrogen-bond donors (Lipinski definition) is 0. The minimum Gasteiger partial charge on any atom is -0.378 e. The molecular formula is C23H24N4O3S. The topological polar surface area (TPSA) is 75.6 Å². The summed E-state index contributed by atoms with van der Waals surface area (Å²) in [6.45, 7) is 5.39. The second-order valence-corrected chi connectivity index (χ2v) is 9.85. The van der Waals surface area contributed by atoms with Gasteiger partial charge < -0.3 is 9.64 Å². The van der Waals surface area contributed by atoms with Crippen molar-refractivity contribution in [2.24, 2.45) is 0 Å². The third kappa shape index (κ3) is 3.94. The van der Waals surface area contributed by atoms with Gasteiger partial charge in [-0.25, -0.2) is 18.4 Å². The molecule has 0 unspecified atom stereocenters. The van der Waals surface area contributed by atoms with Crippen LogP contribution in [0.1, 0.15) is 16.8 Å². The SMILES string of the molecule is Cc1cccc(-c2ccc(S(=O)(=O)N3Cc4cnc(N5CCOCC5)nc4C3)cc2)c1. The van der Waals surface area contributed by atoms with Crippen LogP contribution in [0.3, 0.4) is 0 Å². The molecule has 2 aliphatic heterocycles. The summed E-state index contributed by atoms with van der Waals surface area (Å²) < 4.78 is 33.3. The zero-order valence-corrected chi connectivity index (χ0v) is 18.2. The molecule has 0 atom stereocenters. The summed E-state index contributed by atoms with van der Waals surface area (Å²) in [7, 11) is -3.62. The molecule has 1 saturated heterocycles. The predicted octanol–water partition coefficient (Wildman–Crippen LogP) is 2.99. The molecule has 3 heterocycles. The van der Waals surface area contributed by atoms with Crippen molar-refractivity contribution >= 4 is 16.0 Å². The quantitative estimate of drug-likeness (QED) is 0.626. The molecule has 5 rings (SSSR count). The van der Waals surface area contributed by atoms with E-state index in [4.69, 9.17) is 4.74 Å². The van der Waals surface area contributed by atoms with E-state index in [0.29, 0.717) is 25.7 Å². The molecule has 0 saturated carbocycles. The first kappa shape index (κ1) is 20.1. The maximum Gasteiger partial charge on any atom is 0.243 e. The van der Waals surface area contributed by atoms with Crippen LogP contribution in [0.2, 0.25) is 0 Å². The van der Waals surface area contributed by atoms with E-state index >= 15 is 0 Å². The van der Waals surface area contributed by atoms with Crippen LogP contribution in [-0.4, -0.2) is 49.0 Å². The number of benzene rings is 2. The molecule has 0 radical (unpaired) electrons. The van der Waals surface area contributed by atoms with Crippen LogP contribution in [0.25, 0.3) is 11.1 Å². The van der Waals surface area contributed by atoms with Gasteiger partial charge in [-0.1, -0.05) is 42.0 Å². The van der Waals surface area contributed by atoms with Gasteiger partial charge in [0.15, 0.2) is 0 Å². The van der Waals surface area contributed by atoms with Gasteiger partial charge in [0.1, 0.15) is 0 Å². The fourth-order valence-corrected chi connectivity index (χ4v) is 5.37. The Balaban J connectivity index is 1.35. The first-order valence-corrected chi connectivity index (χ1v) is 11.8. The molecule has 8 heteroatoms. The third-order valence-electron chi connectivity index (χ3n) is 5.75. The van der Waals surface area contributed by atoms with Crippen molar-refractivity contribution in [2.45, 2.75) is 24.9 Å². The lowest BCUT2D eigenvalue weighted by molar-refractivity contribution is 0.122. The number of sulfonamides is 1. The van der Waals surface area contributed by atoms with Crippen molar-refractivity contribution in [3.8, 4) is 11.1 Å². The molecule has 0 amide bonds. The van der Waals surface area contributed by atoms with Crippen molar-refractivity contribution in [1.82, 2.24) is 14.3 Å². The first-order valence-electron chi connectivity index (χ1n) is 10.4. The summed E-state index contributed by atoms with van der Waals surface area (Å²) in [6.07, 6.45) is 1.75. The van der Waals surface area contributed by atoms with Crippen molar-refractivity contribution in [3.05, 3.63) is 71.5 Å². The van der Waals surface area contributed by atoms with Crippen LogP contribution in [0.5, 0.6) is 0 Å². The monoisotopic (exact) mass is 436 g/mol. The Bertz CT molecular complexity index is 1210. The van der Waals surface area contributed by atoms with E-state index in [1.165, 1.54) is 9.87 Å². The summed E-state index contributed by atoms with van der Waals surface area (Å²) in [6, 6.07) is 15.2. The number of anilines is 1. The van der Waals surface area contributed by atoms with Gasteiger partial charge in [-0.05, 0) is 30.2 Å². The van der Waals surface area contributed by atoms with Gasteiger partial charge in [-0.15, -0.1) is 0 Å². The standard InChI is InChI=1S/C23H24N4O3S/c1-17-3-2-4-19(13-17)18-5-7-21(8-6-18)31(28,29)27-15-20-14-24-23(25-22(20)16-27)26-9-11-30-12-10-26/h2-8,13-14H,9-12,15-16H2,1H3. The number of rotatable bonds is 4. The number of hydrogen-bond acceptors (Lipinski definition) is 6. The summed E-state index contributed by atoms with van der Waals surface area (Å²) in [5.41, 5.74) is 4.87. The maximum atomic E-state index is 13.2. The molecule has 2 aliphatic rings. The second-order valence-electron chi connectivity index (χ2n) is 7.91. The first-order chi connectivity index (χ1) is 15.0. The van der Waals surface area contributed by atoms with Gasteiger partial charge in [0, 0.05) is 31.4 Å². The summed E-state index contributed by atoms with van der Waals surface area (Å²) in [4.78, 5) is 11.5. The van der Waals surface area contributed by atoms with E-state index in [9.17, 15) is 8.42 Å². The van der Waals surface area contributed by atoms with Crippen molar-refractivity contribution in [1.29, 1.82) is 0 Å². The van der Waals surface area contributed by atoms with E-state index < -0.39 is 10.0 Å². The molecule has 0 aliphatic carbocycles. The van der Waals surface area contributed by atoms with Crippen LogP contribution in [0.4, 0.5) is 5.95 Å². The molecule has 31 heavy (non-hydrogen) atoms. The predicted molar refractivity (Wildman–Crippen MR) is 118 cm³/mol. The van der Waals surface area contributed by atoms with E-state index in [-0.39, 0.29) is 11.4 Å². The van der Waals surface area contributed by atoms with Gasteiger partial charge in [0.05, 0.1) is 30.3 Å². The highest BCUT2D eigenvalue weighted by Crippen LogP contribution is 2.30. The molecule has 0 N–H and O–H groups in total. The van der Waals surface area contributed by atoms with Crippen LogP contribution in [0, 0.1) is 6.92 Å². The van der Waals surface area contributed by atoms with Crippen molar-refractivity contribution in [3.63, 3.8) is 0 Å². The lowest BCUT2D eigenvalue weighted by atomic mass is 10.0. The Morgan fingerprint density at radius 3 is 2.48 bits per heavy atom. The summed E-state index contributed by atoms with van der Waals surface area (Å²) in [5, 5.41) is 0. The van der Waals surface area contributed by atoms with Crippen LogP contribution < -0.4 is 4.90 Å². The van der Waals surface area contributed by atoms with Gasteiger partial charge in [-0.3, -0.25) is 0 Å². The molecule has 1 fully saturated rings. The zero-order valence-electron chi connectivity index (χ0n) is 17.4. The highest BCUT2D eigenvalue weighted by Gasteiger charge is 2.32.